The molecule has 1 aromatic carbocycles. The van der Waals surface area contributed by atoms with Gasteiger partial charge in [0.2, 0.25) is 0 Å². The normalized spacial score (nSPS) is 21.9. The Balaban J connectivity index is 1.62. The number of amides is 1. The number of benzene rings is 1. The molecule has 2 aromatic rings. The SMILES string of the molecule is Cc1nn(-c2ccccc2)c(Cl)c1C(=O)OCC(=O)N[C@@H]1CCC[C@H](C)[C@@H]1C. The molecule has 0 aliphatic heterocycles. The van der Waals surface area contributed by atoms with E-state index in [4.69, 9.17) is 16.3 Å². The van der Waals surface area contributed by atoms with Crippen LogP contribution < -0.4 is 5.32 Å². The molecule has 1 amide bonds. The highest BCUT2D eigenvalue weighted by molar-refractivity contribution is 6.33. The quantitative estimate of drug-likeness (QED) is 0.767. The summed E-state index contributed by atoms with van der Waals surface area (Å²) >= 11 is 6.36. The molecule has 1 aliphatic rings. The van der Waals surface area contributed by atoms with Crippen LogP contribution >= 0.6 is 11.6 Å². The number of ether oxygens (including phenoxy) is 1. The van der Waals surface area contributed by atoms with Crippen molar-refractivity contribution in [1.82, 2.24) is 15.1 Å². The number of rotatable bonds is 5. The number of halogens is 1. The molecular formula is C21H26ClN3O3. The van der Waals surface area contributed by atoms with Gasteiger partial charge in [-0.1, -0.05) is 56.5 Å². The van der Waals surface area contributed by atoms with Crippen molar-refractivity contribution in [3.8, 4) is 5.69 Å². The van der Waals surface area contributed by atoms with Crippen LogP contribution in [-0.4, -0.2) is 34.3 Å². The van der Waals surface area contributed by atoms with E-state index < -0.39 is 5.97 Å². The molecule has 7 heteroatoms. The zero-order valence-electron chi connectivity index (χ0n) is 16.4. The highest BCUT2D eigenvalue weighted by Crippen LogP contribution is 2.29. The van der Waals surface area contributed by atoms with Gasteiger partial charge in [-0.15, -0.1) is 0 Å². The van der Waals surface area contributed by atoms with E-state index in [2.05, 4.69) is 24.3 Å². The zero-order valence-corrected chi connectivity index (χ0v) is 17.2. The fourth-order valence-corrected chi connectivity index (χ4v) is 4.06. The van der Waals surface area contributed by atoms with Crippen molar-refractivity contribution in [2.75, 3.05) is 6.61 Å². The molecule has 0 unspecified atom stereocenters. The number of nitrogens with zero attached hydrogens (tertiary/aromatic N) is 2. The van der Waals surface area contributed by atoms with Crippen LogP contribution in [0, 0.1) is 18.8 Å². The molecule has 1 heterocycles. The van der Waals surface area contributed by atoms with Gasteiger partial charge in [0, 0.05) is 6.04 Å². The van der Waals surface area contributed by atoms with Crippen LogP contribution in [0.3, 0.4) is 0 Å². The maximum Gasteiger partial charge on any atom is 0.343 e. The van der Waals surface area contributed by atoms with Gasteiger partial charge in [0.1, 0.15) is 10.7 Å². The van der Waals surface area contributed by atoms with E-state index in [9.17, 15) is 9.59 Å². The zero-order chi connectivity index (χ0) is 20.3. The van der Waals surface area contributed by atoms with Crippen molar-refractivity contribution in [2.45, 2.75) is 46.1 Å². The van der Waals surface area contributed by atoms with Crippen LogP contribution in [0.15, 0.2) is 30.3 Å². The number of nitrogens with one attached hydrogen (secondary N) is 1. The number of carbonyl (C=O) groups excluding carboxylic acids is 2. The van der Waals surface area contributed by atoms with E-state index in [1.165, 1.54) is 11.1 Å². The molecule has 1 saturated carbocycles. The molecule has 1 aromatic heterocycles. The number of hydrogen-bond donors (Lipinski definition) is 1. The van der Waals surface area contributed by atoms with Crippen LogP contribution in [0.2, 0.25) is 5.15 Å². The predicted molar refractivity (Wildman–Crippen MR) is 108 cm³/mol. The van der Waals surface area contributed by atoms with Crippen LogP contribution in [0.1, 0.15) is 49.2 Å². The van der Waals surface area contributed by atoms with E-state index in [0.29, 0.717) is 17.5 Å². The molecule has 150 valence electrons. The van der Waals surface area contributed by atoms with Crippen molar-refractivity contribution in [1.29, 1.82) is 0 Å². The Hall–Kier alpha value is -2.34. The van der Waals surface area contributed by atoms with E-state index in [1.807, 2.05) is 30.3 Å². The Kier molecular flexibility index (Phi) is 6.39. The molecular weight excluding hydrogens is 378 g/mol. The fourth-order valence-electron chi connectivity index (χ4n) is 3.71. The lowest BCUT2D eigenvalue weighted by molar-refractivity contribution is -0.125. The summed E-state index contributed by atoms with van der Waals surface area (Å²) < 4.78 is 6.70. The van der Waals surface area contributed by atoms with Gasteiger partial charge in [0.15, 0.2) is 6.61 Å². The number of aromatic nitrogens is 2. The van der Waals surface area contributed by atoms with Gasteiger partial charge in [0.25, 0.3) is 5.91 Å². The van der Waals surface area contributed by atoms with Gasteiger partial charge in [0.05, 0.1) is 11.4 Å². The third-order valence-corrected chi connectivity index (χ3v) is 5.95. The van der Waals surface area contributed by atoms with E-state index in [0.717, 1.165) is 18.5 Å². The van der Waals surface area contributed by atoms with Crippen LogP contribution in [0.4, 0.5) is 0 Å². The molecule has 1 fully saturated rings. The lowest BCUT2D eigenvalue weighted by Gasteiger charge is -2.34. The van der Waals surface area contributed by atoms with E-state index >= 15 is 0 Å². The number of esters is 1. The van der Waals surface area contributed by atoms with Crippen molar-refractivity contribution in [2.24, 2.45) is 11.8 Å². The smallest absolute Gasteiger partial charge is 0.343 e. The summed E-state index contributed by atoms with van der Waals surface area (Å²) in [6.07, 6.45) is 3.25. The summed E-state index contributed by atoms with van der Waals surface area (Å²) in [5, 5.41) is 7.49. The Morgan fingerprint density at radius 2 is 1.96 bits per heavy atom. The van der Waals surface area contributed by atoms with Gasteiger partial charge in [-0.05, 0) is 37.3 Å². The van der Waals surface area contributed by atoms with Crippen molar-refractivity contribution >= 4 is 23.5 Å². The lowest BCUT2D eigenvalue weighted by Crippen LogP contribution is -2.45. The van der Waals surface area contributed by atoms with Crippen LogP contribution in [0.25, 0.3) is 5.69 Å². The second kappa shape index (κ2) is 8.78. The summed E-state index contributed by atoms with van der Waals surface area (Å²) in [5.41, 5.74) is 1.37. The average molecular weight is 404 g/mol. The molecule has 0 spiro atoms. The Morgan fingerprint density at radius 3 is 2.68 bits per heavy atom. The standard InChI is InChI=1S/C21H26ClN3O3/c1-13-8-7-11-17(14(13)2)23-18(26)12-28-21(27)19-15(3)24-25(20(19)22)16-9-5-4-6-10-16/h4-6,9-10,13-14,17H,7-8,11-12H2,1-3H3,(H,23,26)/t13-,14-,17+/m0/s1. The number of carbonyl (C=O) groups is 2. The largest absolute Gasteiger partial charge is 0.452 e. The molecule has 3 rings (SSSR count). The third-order valence-electron chi connectivity index (χ3n) is 5.60. The van der Waals surface area contributed by atoms with Gasteiger partial charge in [-0.3, -0.25) is 4.79 Å². The molecule has 28 heavy (non-hydrogen) atoms. The highest BCUT2D eigenvalue weighted by Gasteiger charge is 2.29. The first-order valence-corrected chi connectivity index (χ1v) is 10.0. The Labute approximate surface area is 170 Å². The van der Waals surface area contributed by atoms with Crippen LogP contribution in [-0.2, 0) is 9.53 Å². The monoisotopic (exact) mass is 403 g/mol. The molecule has 0 radical (unpaired) electrons. The topological polar surface area (TPSA) is 73.2 Å². The second-order valence-electron chi connectivity index (χ2n) is 7.52. The molecule has 0 saturated heterocycles. The predicted octanol–water partition coefficient (Wildman–Crippen LogP) is 3.93. The minimum Gasteiger partial charge on any atom is -0.452 e. The van der Waals surface area contributed by atoms with E-state index in [1.54, 1.807) is 6.92 Å². The number of hydrogen-bond acceptors (Lipinski definition) is 4. The van der Waals surface area contributed by atoms with Crippen LogP contribution in [0.5, 0.6) is 0 Å². The summed E-state index contributed by atoms with van der Waals surface area (Å²) in [7, 11) is 0. The molecule has 3 atom stereocenters. The molecule has 1 N–H and O–H groups in total. The minimum absolute atomic E-state index is 0.126. The van der Waals surface area contributed by atoms with Gasteiger partial charge < -0.3 is 10.1 Å². The first-order chi connectivity index (χ1) is 13.4. The lowest BCUT2D eigenvalue weighted by atomic mass is 9.78. The van der Waals surface area contributed by atoms with Gasteiger partial charge in [-0.25, -0.2) is 9.48 Å². The van der Waals surface area contributed by atoms with Crippen molar-refractivity contribution in [3.63, 3.8) is 0 Å². The third kappa shape index (κ3) is 4.38. The maximum absolute atomic E-state index is 12.5. The minimum atomic E-state index is -0.648. The Bertz CT molecular complexity index is 850. The van der Waals surface area contributed by atoms with Gasteiger partial charge in [-0.2, -0.15) is 5.10 Å². The van der Waals surface area contributed by atoms with Crippen molar-refractivity contribution < 1.29 is 14.3 Å². The Morgan fingerprint density at radius 1 is 1.25 bits per heavy atom. The molecule has 6 nitrogen and oxygen atoms in total. The average Bonchev–Trinajstić information content (AvgIpc) is 2.98. The summed E-state index contributed by atoms with van der Waals surface area (Å²) in [5.74, 6) is 0.0505. The summed E-state index contributed by atoms with van der Waals surface area (Å²) in [6.45, 7) is 5.72. The number of para-hydroxylation sites is 1. The fraction of sp³-hybridized carbons (Fsp3) is 0.476. The van der Waals surface area contributed by atoms with E-state index in [-0.39, 0.29) is 29.3 Å². The second-order valence-corrected chi connectivity index (χ2v) is 7.87. The summed E-state index contributed by atoms with van der Waals surface area (Å²) in [6, 6.07) is 9.41. The maximum atomic E-state index is 12.5. The summed E-state index contributed by atoms with van der Waals surface area (Å²) in [4.78, 5) is 24.8. The molecule has 0 bridgehead atoms. The molecule has 1 aliphatic carbocycles. The highest BCUT2D eigenvalue weighted by atomic mass is 35.5. The first kappa shape index (κ1) is 20.4. The number of aryl methyl sites for hydroxylation is 1. The van der Waals surface area contributed by atoms with Gasteiger partial charge >= 0.3 is 5.97 Å². The van der Waals surface area contributed by atoms with Crippen molar-refractivity contribution in [3.05, 3.63) is 46.7 Å². The first-order valence-electron chi connectivity index (χ1n) is 9.65.